The van der Waals surface area contributed by atoms with Crippen molar-refractivity contribution in [3.63, 3.8) is 0 Å². The molecule has 31 heavy (non-hydrogen) atoms. The smallest absolute Gasteiger partial charge is 0.264 e. The molecular weight excluding hydrogens is 462 g/mol. The van der Waals surface area contributed by atoms with Crippen LogP contribution in [0.3, 0.4) is 0 Å². The van der Waals surface area contributed by atoms with E-state index in [2.05, 4.69) is 11.9 Å². The van der Waals surface area contributed by atoms with E-state index in [4.69, 9.17) is 23.2 Å². The van der Waals surface area contributed by atoms with Crippen LogP contribution in [0.4, 0.5) is 15.8 Å². The van der Waals surface area contributed by atoms with E-state index in [1.807, 2.05) is 0 Å². The largest absolute Gasteiger partial charge is 0.319 e. The molecule has 0 aliphatic heterocycles. The molecule has 0 aliphatic carbocycles. The van der Waals surface area contributed by atoms with Crippen LogP contribution in [-0.4, -0.2) is 20.9 Å². The summed E-state index contributed by atoms with van der Waals surface area (Å²) in [5, 5.41) is 2.84. The van der Waals surface area contributed by atoms with E-state index < -0.39 is 21.7 Å². The molecule has 160 valence electrons. The summed E-state index contributed by atoms with van der Waals surface area (Å²) in [4.78, 5) is 12.5. The van der Waals surface area contributed by atoms with Gasteiger partial charge in [-0.2, -0.15) is 0 Å². The van der Waals surface area contributed by atoms with Crippen molar-refractivity contribution in [3.05, 3.63) is 101 Å². The van der Waals surface area contributed by atoms with E-state index in [9.17, 15) is 17.6 Å². The number of carbonyl (C=O) groups is 1. The molecule has 0 heterocycles. The van der Waals surface area contributed by atoms with Crippen molar-refractivity contribution in [1.82, 2.24) is 0 Å². The third kappa shape index (κ3) is 5.07. The fraction of sp³-hybridized carbons (Fsp3) is 0.0455. The Morgan fingerprint density at radius 3 is 2.48 bits per heavy atom. The Kier molecular flexibility index (Phi) is 7.00. The average molecular weight is 479 g/mol. The van der Waals surface area contributed by atoms with Gasteiger partial charge in [-0.15, -0.1) is 6.58 Å². The molecule has 0 fully saturated rings. The van der Waals surface area contributed by atoms with Crippen LogP contribution in [0.25, 0.3) is 0 Å². The number of hydrogen-bond donors (Lipinski definition) is 1. The van der Waals surface area contributed by atoms with Crippen LogP contribution >= 0.6 is 23.2 Å². The predicted molar refractivity (Wildman–Crippen MR) is 122 cm³/mol. The lowest BCUT2D eigenvalue weighted by molar-refractivity contribution is 0.102. The van der Waals surface area contributed by atoms with Crippen LogP contribution in [-0.2, 0) is 10.0 Å². The number of nitrogens with one attached hydrogen (secondary N) is 1. The van der Waals surface area contributed by atoms with E-state index in [1.54, 1.807) is 24.3 Å². The van der Waals surface area contributed by atoms with Gasteiger partial charge in [0.2, 0.25) is 0 Å². The molecule has 0 unspecified atom stereocenters. The molecule has 3 aromatic rings. The first-order chi connectivity index (χ1) is 14.7. The van der Waals surface area contributed by atoms with Gasteiger partial charge in [0, 0.05) is 10.6 Å². The Labute approximate surface area is 189 Å². The van der Waals surface area contributed by atoms with Crippen molar-refractivity contribution in [2.75, 3.05) is 16.2 Å². The molecule has 9 heteroatoms. The highest BCUT2D eigenvalue weighted by atomic mass is 35.5. The second-order valence-electron chi connectivity index (χ2n) is 6.38. The standard InChI is InChI=1S/C22H17Cl2FN2O3S/c1-2-12-27(21-9-4-3-8-18(21)24)31(29,30)17-7-5-6-15(13-17)22(28)26-20-11-10-16(23)14-19(20)25/h2-11,13-14H,1,12H2,(H,26,28). The molecule has 0 aliphatic rings. The molecule has 0 bridgehead atoms. The van der Waals surface area contributed by atoms with Crippen molar-refractivity contribution >= 4 is 50.5 Å². The maximum atomic E-state index is 14.0. The number of nitrogens with zero attached hydrogens (tertiary/aromatic N) is 1. The lowest BCUT2D eigenvalue weighted by Crippen LogP contribution is -2.31. The van der Waals surface area contributed by atoms with Crippen LogP contribution in [0.15, 0.2) is 84.3 Å². The van der Waals surface area contributed by atoms with E-state index in [-0.39, 0.29) is 38.4 Å². The van der Waals surface area contributed by atoms with E-state index >= 15 is 0 Å². The van der Waals surface area contributed by atoms with Gasteiger partial charge in [-0.3, -0.25) is 9.10 Å². The molecule has 0 radical (unpaired) electrons. The Balaban J connectivity index is 1.96. The number of anilines is 2. The number of benzene rings is 3. The molecule has 1 amide bonds. The van der Waals surface area contributed by atoms with Crippen molar-refractivity contribution < 1.29 is 17.6 Å². The van der Waals surface area contributed by atoms with Gasteiger partial charge in [-0.05, 0) is 48.5 Å². The van der Waals surface area contributed by atoms with Crippen molar-refractivity contribution in [1.29, 1.82) is 0 Å². The van der Waals surface area contributed by atoms with Crippen LogP contribution in [0.1, 0.15) is 10.4 Å². The van der Waals surface area contributed by atoms with Gasteiger partial charge >= 0.3 is 0 Å². The van der Waals surface area contributed by atoms with E-state index in [1.165, 1.54) is 42.5 Å². The topological polar surface area (TPSA) is 66.5 Å². The monoisotopic (exact) mass is 478 g/mol. The molecule has 3 rings (SSSR count). The van der Waals surface area contributed by atoms with Gasteiger partial charge in [0.25, 0.3) is 15.9 Å². The molecule has 0 atom stereocenters. The van der Waals surface area contributed by atoms with Gasteiger partial charge in [-0.1, -0.05) is 47.5 Å². The summed E-state index contributed by atoms with van der Waals surface area (Å²) in [6.45, 7) is 3.58. The molecule has 0 saturated carbocycles. The molecule has 1 N–H and O–H groups in total. The zero-order valence-electron chi connectivity index (χ0n) is 16.1. The van der Waals surface area contributed by atoms with E-state index in [0.717, 1.165) is 10.4 Å². The van der Waals surface area contributed by atoms with Gasteiger partial charge in [-0.25, -0.2) is 12.8 Å². The number of sulfonamides is 1. The highest BCUT2D eigenvalue weighted by Crippen LogP contribution is 2.30. The lowest BCUT2D eigenvalue weighted by atomic mass is 10.2. The minimum Gasteiger partial charge on any atom is -0.319 e. The second-order valence-corrected chi connectivity index (χ2v) is 9.09. The van der Waals surface area contributed by atoms with Crippen LogP contribution in [0.5, 0.6) is 0 Å². The fourth-order valence-electron chi connectivity index (χ4n) is 2.81. The van der Waals surface area contributed by atoms with E-state index in [0.29, 0.717) is 0 Å². The summed E-state index contributed by atoms with van der Waals surface area (Å²) in [7, 11) is -4.08. The Morgan fingerprint density at radius 2 is 1.81 bits per heavy atom. The van der Waals surface area contributed by atoms with Crippen molar-refractivity contribution in [3.8, 4) is 0 Å². The predicted octanol–water partition coefficient (Wildman–Crippen LogP) is 5.77. The summed E-state index contributed by atoms with van der Waals surface area (Å²) in [6, 6.07) is 15.7. The summed E-state index contributed by atoms with van der Waals surface area (Å²) in [5.41, 5.74) is 0.238. The molecule has 0 aromatic heterocycles. The SMILES string of the molecule is C=CCN(c1ccccc1Cl)S(=O)(=O)c1cccc(C(=O)Nc2ccc(Cl)cc2F)c1. The highest BCUT2D eigenvalue weighted by molar-refractivity contribution is 7.92. The van der Waals surface area contributed by atoms with Crippen molar-refractivity contribution in [2.24, 2.45) is 0 Å². The molecule has 5 nitrogen and oxygen atoms in total. The highest BCUT2D eigenvalue weighted by Gasteiger charge is 2.26. The van der Waals surface area contributed by atoms with Gasteiger partial charge in [0.05, 0.1) is 27.8 Å². The quantitative estimate of drug-likeness (QED) is 0.438. The molecule has 0 saturated heterocycles. The summed E-state index contributed by atoms with van der Waals surface area (Å²) in [6.07, 6.45) is 1.43. The number of amides is 1. The minimum atomic E-state index is -4.08. The summed E-state index contributed by atoms with van der Waals surface area (Å²) < 4.78 is 41.7. The maximum absolute atomic E-state index is 14.0. The number of para-hydroxylation sites is 1. The maximum Gasteiger partial charge on any atom is 0.264 e. The number of rotatable bonds is 7. The number of hydrogen-bond acceptors (Lipinski definition) is 3. The molecule has 3 aromatic carbocycles. The number of carbonyl (C=O) groups excluding carboxylic acids is 1. The second kappa shape index (κ2) is 9.51. The van der Waals surface area contributed by atoms with Crippen LogP contribution < -0.4 is 9.62 Å². The van der Waals surface area contributed by atoms with Crippen LogP contribution in [0.2, 0.25) is 10.0 Å². The summed E-state index contributed by atoms with van der Waals surface area (Å²) >= 11 is 11.9. The Morgan fingerprint density at radius 1 is 1.06 bits per heavy atom. The average Bonchev–Trinajstić information content (AvgIpc) is 2.74. The third-order valence-electron chi connectivity index (χ3n) is 4.28. The third-order valence-corrected chi connectivity index (χ3v) is 6.61. The Bertz CT molecular complexity index is 1250. The normalized spacial score (nSPS) is 11.1. The first-order valence-electron chi connectivity index (χ1n) is 8.98. The molecular formula is C22H17Cl2FN2O3S. The zero-order chi connectivity index (χ0) is 22.6. The summed E-state index contributed by atoms with van der Waals surface area (Å²) in [5.74, 6) is -1.38. The van der Waals surface area contributed by atoms with Crippen LogP contribution in [0, 0.1) is 5.82 Å². The number of halogens is 3. The first-order valence-corrected chi connectivity index (χ1v) is 11.2. The minimum absolute atomic E-state index is 0.0293. The van der Waals surface area contributed by atoms with Gasteiger partial charge in [0.1, 0.15) is 5.82 Å². The lowest BCUT2D eigenvalue weighted by Gasteiger charge is -2.24. The fourth-order valence-corrected chi connectivity index (χ4v) is 4.75. The van der Waals surface area contributed by atoms with Gasteiger partial charge in [0.15, 0.2) is 0 Å². The van der Waals surface area contributed by atoms with Gasteiger partial charge < -0.3 is 5.32 Å². The Hall–Kier alpha value is -2.87. The first kappa shape index (κ1) is 22.8. The zero-order valence-corrected chi connectivity index (χ0v) is 18.4. The van der Waals surface area contributed by atoms with Crippen molar-refractivity contribution in [2.45, 2.75) is 4.90 Å². The molecule has 0 spiro atoms.